The summed E-state index contributed by atoms with van der Waals surface area (Å²) >= 11 is 0. The summed E-state index contributed by atoms with van der Waals surface area (Å²) in [6.45, 7) is 2.89. The van der Waals surface area contributed by atoms with Crippen molar-refractivity contribution in [3.63, 3.8) is 0 Å². The summed E-state index contributed by atoms with van der Waals surface area (Å²) in [4.78, 5) is 19.5. The van der Waals surface area contributed by atoms with Gasteiger partial charge in [0.25, 0.3) is 0 Å². The summed E-state index contributed by atoms with van der Waals surface area (Å²) in [6, 6.07) is 14.5. The number of hydrogen-bond donors (Lipinski definition) is 1. The number of nitrogens with zero attached hydrogens (tertiary/aromatic N) is 2. The average Bonchev–Trinajstić information content (AvgIpc) is 3.53. The number of amides is 1. The van der Waals surface area contributed by atoms with Crippen molar-refractivity contribution in [1.29, 1.82) is 0 Å². The smallest absolute Gasteiger partial charge is 0.228 e. The maximum atomic E-state index is 12.7. The summed E-state index contributed by atoms with van der Waals surface area (Å²) in [7, 11) is 0. The topological polar surface area (TPSA) is 45.2 Å². The number of pyridine rings is 1. The average molecular weight is 349 g/mol. The van der Waals surface area contributed by atoms with Gasteiger partial charge < -0.3 is 10.2 Å². The molecule has 1 N–H and O–H groups in total. The molecule has 2 heterocycles. The largest absolute Gasteiger partial charge is 0.326 e. The molecule has 4 nitrogen and oxygen atoms in total. The van der Waals surface area contributed by atoms with Crippen LogP contribution < -0.4 is 5.32 Å². The van der Waals surface area contributed by atoms with Gasteiger partial charge in [0, 0.05) is 37.1 Å². The van der Waals surface area contributed by atoms with Crippen LogP contribution in [0.5, 0.6) is 0 Å². The highest BCUT2D eigenvalue weighted by Crippen LogP contribution is 2.40. The van der Waals surface area contributed by atoms with Crippen molar-refractivity contribution in [3.8, 4) is 0 Å². The molecule has 4 heteroatoms. The van der Waals surface area contributed by atoms with Crippen molar-refractivity contribution in [3.05, 3.63) is 59.9 Å². The predicted octanol–water partition coefficient (Wildman–Crippen LogP) is 3.85. The Balaban J connectivity index is 1.28. The molecule has 1 saturated carbocycles. The Morgan fingerprint density at radius 3 is 2.69 bits per heavy atom. The van der Waals surface area contributed by atoms with E-state index in [1.54, 1.807) is 0 Å². The van der Waals surface area contributed by atoms with E-state index in [0.29, 0.717) is 0 Å². The van der Waals surface area contributed by atoms with Gasteiger partial charge >= 0.3 is 0 Å². The van der Waals surface area contributed by atoms with Crippen LogP contribution in [0.2, 0.25) is 0 Å². The molecular formula is C22H27N3O. The SMILES string of the molecule is O=C(Nc1ccc(C2CC2)cc1)[C@@H]1CCCN(CCc2ccccn2)C1. The van der Waals surface area contributed by atoms with Crippen LogP contribution in [0.4, 0.5) is 5.69 Å². The number of anilines is 1. The van der Waals surface area contributed by atoms with Crippen molar-refractivity contribution in [1.82, 2.24) is 9.88 Å². The third kappa shape index (κ3) is 4.50. The maximum absolute atomic E-state index is 12.7. The van der Waals surface area contributed by atoms with Gasteiger partial charge in [0.2, 0.25) is 5.91 Å². The van der Waals surface area contributed by atoms with E-state index in [1.165, 1.54) is 18.4 Å². The lowest BCUT2D eigenvalue weighted by molar-refractivity contribution is -0.121. The third-order valence-corrected chi connectivity index (χ3v) is 5.51. The Morgan fingerprint density at radius 2 is 1.96 bits per heavy atom. The van der Waals surface area contributed by atoms with E-state index < -0.39 is 0 Å². The van der Waals surface area contributed by atoms with Gasteiger partial charge in [-0.2, -0.15) is 0 Å². The van der Waals surface area contributed by atoms with Crippen molar-refractivity contribution in [2.24, 2.45) is 5.92 Å². The molecule has 4 rings (SSSR count). The van der Waals surface area contributed by atoms with Crippen molar-refractivity contribution < 1.29 is 4.79 Å². The summed E-state index contributed by atoms with van der Waals surface area (Å²) in [5.74, 6) is 0.994. The predicted molar refractivity (Wildman–Crippen MR) is 104 cm³/mol. The summed E-state index contributed by atoms with van der Waals surface area (Å²) in [5, 5.41) is 3.11. The highest BCUT2D eigenvalue weighted by Gasteiger charge is 2.26. The van der Waals surface area contributed by atoms with E-state index in [9.17, 15) is 4.79 Å². The number of nitrogens with one attached hydrogen (secondary N) is 1. The van der Waals surface area contributed by atoms with Crippen LogP contribution in [0.25, 0.3) is 0 Å². The van der Waals surface area contributed by atoms with Gasteiger partial charge in [-0.05, 0) is 68.0 Å². The molecule has 1 aliphatic carbocycles. The first kappa shape index (κ1) is 17.2. The van der Waals surface area contributed by atoms with Crippen molar-refractivity contribution in [2.75, 3.05) is 25.0 Å². The minimum atomic E-state index is 0.0793. The zero-order valence-electron chi connectivity index (χ0n) is 15.2. The Bertz CT molecular complexity index is 725. The second-order valence-corrected chi connectivity index (χ2v) is 7.60. The summed E-state index contributed by atoms with van der Waals surface area (Å²) in [6.07, 6.45) is 7.46. The van der Waals surface area contributed by atoms with E-state index in [1.807, 2.05) is 30.5 Å². The van der Waals surface area contributed by atoms with Crippen molar-refractivity contribution in [2.45, 2.75) is 38.0 Å². The highest BCUT2D eigenvalue weighted by molar-refractivity contribution is 5.92. The first-order chi connectivity index (χ1) is 12.8. The molecule has 1 aromatic heterocycles. The standard InChI is InChI=1S/C22H27N3O/c26-22(24-21-10-8-18(9-11-21)17-6-7-17)19-4-3-14-25(16-19)15-12-20-5-1-2-13-23-20/h1-2,5,8-11,13,17,19H,3-4,6-7,12,14-16H2,(H,24,26)/t19-/m1/s1. The quantitative estimate of drug-likeness (QED) is 0.861. The molecule has 1 atom stereocenters. The fourth-order valence-electron chi connectivity index (χ4n) is 3.79. The number of benzene rings is 1. The van der Waals surface area contributed by atoms with Crippen LogP contribution in [0, 0.1) is 5.92 Å². The molecule has 0 spiro atoms. The van der Waals surface area contributed by atoms with Crippen LogP contribution in [0.15, 0.2) is 48.7 Å². The van der Waals surface area contributed by atoms with Gasteiger partial charge in [-0.3, -0.25) is 9.78 Å². The zero-order chi connectivity index (χ0) is 17.8. The Kier molecular flexibility index (Phi) is 5.30. The molecule has 2 fully saturated rings. The molecule has 136 valence electrons. The van der Waals surface area contributed by atoms with Crippen LogP contribution in [0.3, 0.4) is 0 Å². The number of likely N-dealkylation sites (tertiary alicyclic amines) is 1. The fourth-order valence-corrected chi connectivity index (χ4v) is 3.79. The monoisotopic (exact) mass is 349 g/mol. The first-order valence-electron chi connectivity index (χ1n) is 9.81. The highest BCUT2D eigenvalue weighted by atomic mass is 16.1. The number of hydrogen-bond acceptors (Lipinski definition) is 3. The maximum Gasteiger partial charge on any atom is 0.228 e. The molecule has 0 unspecified atom stereocenters. The number of piperidine rings is 1. The van der Waals surface area contributed by atoms with E-state index in [4.69, 9.17) is 0 Å². The van der Waals surface area contributed by atoms with Crippen molar-refractivity contribution >= 4 is 11.6 Å². The molecule has 1 aliphatic heterocycles. The van der Waals surface area contributed by atoms with Crippen LogP contribution >= 0.6 is 0 Å². The normalized spacial score (nSPS) is 20.7. The summed E-state index contributed by atoms with van der Waals surface area (Å²) < 4.78 is 0. The lowest BCUT2D eigenvalue weighted by atomic mass is 9.96. The Hall–Kier alpha value is -2.20. The number of rotatable bonds is 6. The first-order valence-corrected chi connectivity index (χ1v) is 9.81. The van der Waals surface area contributed by atoms with Crippen LogP contribution in [-0.2, 0) is 11.2 Å². The van der Waals surface area contributed by atoms with Gasteiger partial charge in [-0.25, -0.2) is 0 Å². The molecule has 0 bridgehead atoms. The van der Waals surface area contributed by atoms with Gasteiger partial charge in [-0.1, -0.05) is 18.2 Å². The molecule has 1 aromatic carbocycles. The molecule has 1 saturated heterocycles. The molecule has 1 amide bonds. The third-order valence-electron chi connectivity index (χ3n) is 5.51. The minimum Gasteiger partial charge on any atom is -0.326 e. The zero-order valence-corrected chi connectivity index (χ0v) is 15.2. The molecule has 26 heavy (non-hydrogen) atoms. The second-order valence-electron chi connectivity index (χ2n) is 7.60. The van der Waals surface area contributed by atoms with Gasteiger partial charge in [-0.15, -0.1) is 0 Å². The van der Waals surface area contributed by atoms with E-state index in [0.717, 1.165) is 56.2 Å². The molecule has 2 aromatic rings. The molecular weight excluding hydrogens is 322 g/mol. The lowest BCUT2D eigenvalue weighted by Crippen LogP contribution is -2.41. The number of carbonyl (C=O) groups is 1. The Morgan fingerprint density at radius 1 is 1.12 bits per heavy atom. The lowest BCUT2D eigenvalue weighted by Gasteiger charge is -2.31. The fraction of sp³-hybridized carbons (Fsp3) is 0.455. The second kappa shape index (κ2) is 8.00. The van der Waals surface area contributed by atoms with E-state index in [2.05, 4.69) is 33.4 Å². The van der Waals surface area contributed by atoms with Crippen LogP contribution in [-0.4, -0.2) is 35.4 Å². The minimum absolute atomic E-state index is 0.0793. The number of carbonyl (C=O) groups excluding carboxylic acids is 1. The molecule has 2 aliphatic rings. The van der Waals surface area contributed by atoms with Gasteiger partial charge in [0.1, 0.15) is 0 Å². The number of aromatic nitrogens is 1. The van der Waals surface area contributed by atoms with Crippen LogP contribution in [0.1, 0.15) is 42.9 Å². The van der Waals surface area contributed by atoms with Gasteiger partial charge in [0.05, 0.1) is 5.92 Å². The van der Waals surface area contributed by atoms with E-state index in [-0.39, 0.29) is 11.8 Å². The van der Waals surface area contributed by atoms with Gasteiger partial charge in [0.15, 0.2) is 0 Å². The summed E-state index contributed by atoms with van der Waals surface area (Å²) in [5.41, 5.74) is 3.45. The molecule has 0 radical (unpaired) electrons. The van der Waals surface area contributed by atoms with E-state index >= 15 is 0 Å². The Labute approximate surface area is 155 Å².